The van der Waals surface area contributed by atoms with Gasteiger partial charge < -0.3 is 24.9 Å². The van der Waals surface area contributed by atoms with E-state index < -0.39 is 24.9 Å². The Morgan fingerprint density at radius 2 is 2.04 bits per heavy atom. The average molecular weight is 374 g/mol. The number of carbonyl (C=O) groups is 3. The van der Waals surface area contributed by atoms with Gasteiger partial charge in [0, 0.05) is 18.4 Å². The van der Waals surface area contributed by atoms with Crippen LogP contribution in [0.5, 0.6) is 5.75 Å². The Bertz CT molecular complexity index is 711. The highest BCUT2D eigenvalue weighted by Crippen LogP contribution is 2.39. The van der Waals surface area contributed by atoms with Crippen LogP contribution >= 0.6 is 23.2 Å². The molecule has 1 aromatic carbocycles. The minimum absolute atomic E-state index is 0.0188. The van der Waals surface area contributed by atoms with Crippen LogP contribution in [-0.2, 0) is 16.0 Å². The van der Waals surface area contributed by atoms with Gasteiger partial charge in [-0.3, -0.25) is 4.79 Å². The molecule has 0 saturated heterocycles. The van der Waals surface area contributed by atoms with Crippen molar-refractivity contribution in [2.24, 2.45) is 0 Å². The summed E-state index contributed by atoms with van der Waals surface area (Å²) >= 11 is 12.0. The molecule has 128 valence electrons. The Morgan fingerprint density at radius 3 is 2.62 bits per heavy atom. The molecule has 2 rings (SSSR count). The molecular weight excluding hydrogens is 360 g/mol. The summed E-state index contributed by atoms with van der Waals surface area (Å²) in [6.07, 6.45) is 0.110. The second-order valence-corrected chi connectivity index (χ2v) is 6.21. The highest BCUT2D eigenvalue weighted by atomic mass is 35.5. The predicted octanol–water partition coefficient (Wildman–Crippen LogP) is 1.50. The monoisotopic (exact) mass is 373 g/mol. The molecule has 0 unspecified atom stereocenters. The first-order valence-corrected chi connectivity index (χ1v) is 7.84. The van der Waals surface area contributed by atoms with Crippen LogP contribution in [0.25, 0.3) is 0 Å². The fourth-order valence-electron chi connectivity index (χ4n) is 2.35. The van der Waals surface area contributed by atoms with Crippen LogP contribution in [0.1, 0.15) is 35.7 Å². The van der Waals surface area contributed by atoms with Gasteiger partial charge in [0.2, 0.25) is 5.91 Å². The van der Waals surface area contributed by atoms with Gasteiger partial charge in [-0.15, -0.1) is 0 Å². The summed E-state index contributed by atoms with van der Waals surface area (Å²) in [5, 5.41) is 21.9. The largest absolute Gasteiger partial charge is 0.547 e. The lowest BCUT2D eigenvalue weighted by Gasteiger charge is -2.29. The normalized spacial score (nSPS) is 16.2. The van der Waals surface area contributed by atoms with Crippen molar-refractivity contribution in [1.82, 2.24) is 5.32 Å². The number of fused-ring (bicyclic) bond motifs is 1. The number of aromatic carboxylic acids is 1. The highest BCUT2D eigenvalue weighted by molar-refractivity contribution is 6.48. The van der Waals surface area contributed by atoms with Crippen molar-refractivity contribution in [3.63, 3.8) is 0 Å². The third-order valence-electron chi connectivity index (χ3n) is 3.55. The molecular formula is C14H14BCl2NO6. The first-order valence-electron chi connectivity index (χ1n) is 7.08. The van der Waals surface area contributed by atoms with Crippen molar-refractivity contribution in [2.45, 2.75) is 32.1 Å². The fraction of sp³-hybridized carbons (Fsp3) is 0.357. The summed E-state index contributed by atoms with van der Waals surface area (Å²) in [4.78, 5) is 34.0. The van der Waals surface area contributed by atoms with Crippen LogP contribution in [0.3, 0.4) is 0 Å². The molecule has 7 nitrogen and oxygen atoms in total. The summed E-state index contributed by atoms with van der Waals surface area (Å²) in [5.41, 5.74) is 0.0727. The molecule has 1 atom stereocenters. The van der Waals surface area contributed by atoms with Gasteiger partial charge in [-0.25, -0.2) is 4.79 Å². The number of nitrogens with one attached hydrogen (secondary N) is 1. The number of hydrogen-bond donors (Lipinski definition) is 3. The van der Waals surface area contributed by atoms with Crippen LogP contribution in [0.2, 0.25) is 10.0 Å². The second-order valence-electron chi connectivity index (χ2n) is 5.42. The number of ketones is 1. The SMILES string of the molecule is CC(=O)CCC(=O)N[C@H]1Cc2c(Cl)c(Cl)cc(C(=O)O)c2OB1O. The third-order valence-corrected chi connectivity index (χ3v) is 4.38. The van der Waals surface area contributed by atoms with E-state index in [0.29, 0.717) is 5.56 Å². The van der Waals surface area contributed by atoms with Crippen molar-refractivity contribution in [3.8, 4) is 5.75 Å². The second kappa shape index (κ2) is 7.42. The maximum absolute atomic E-state index is 11.8. The summed E-state index contributed by atoms with van der Waals surface area (Å²) in [7, 11) is -1.45. The molecule has 0 fully saturated rings. The quantitative estimate of drug-likeness (QED) is 0.674. The Hall–Kier alpha value is -1.77. The molecule has 0 spiro atoms. The van der Waals surface area contributed by atoms with Gasteiger partial charge in [-0.05, 0) is 19.4 Å². The zero-order chi connectivity index (χ0) is 18.0. The molecule has 1 aliphatic rings. The van der Waals surface area contributed by atoms with Crippen molar-refractivity contribution in [1.29, 1.82) is 0 Å². The number of carboxylic acids is 1. The Balaban J connectivity index is 2.24. The number of halogens is 2. The van der Waals surface area contributed by atoms with E-state index in [-0.39, 0.29) is 46.4 Å². The van der Waals surface area contributed by atoms with Crippen LogP contribution in [0, 0.1) is 0 Å². The number of carboxylic acid groups (broad SMARTS) is 1. The highest BCUT2D eigenvalue weighted by Gasteiger charge is 2.39. The summed E-state index contributed by atoms with van der Waals surface area (Å²) in [6.45, 7) is 1.37. The first-order chi connectivity index (χ1) is 11.2. The van der Waals surface area contributed by atoms with Crippen molar-refractivity contribution in [3.05, 3.63) is 27.2 Å². The Labute approximate surface area is 148 Å². The molecule has 1 aliphatic heterocycles. The number of benzene rings is 1. The van der Waals surface area contributed by atoms with Gasteiger partial charge in [-0.1, -0.05) is 23.2 Å². The Kier molecular flexibility index (Phi) is 5.74. The number of hydrogen-bond acceptors (Lipinski definition) is 5. The van der Waals surface area contributed by atoms with Gasteiger partial charge in [0.1, 0.15) is 17.1 Å². The lowest BCUT2D eigenvalue weighted by atomic mass is 9.72. The molecule has 24 heavy (non-hydrogen) atoms. The first kappa shape index (κ1) is 18.6. The zero-order valence-electron chi connectivity index (χ0n) is 12.6. The molecule has 0 bridgehead atoms. The summed E-state index contributed by atoms with van der Waals surface area (Å²) in [6, 6.07) is 1.14. The zero-order valence-corrected chi connectivity index (χ0v) is 14.1. The third kappa shape index (κ3) is 4.01. The lowest BCUT2D eigenvalue weighted by Crippen LogP contribution is -2.53. The minimum Gasteiger partial charge on any atom is -0.534 e. The van der Waals surface area contributed by atoms with E-state index in [1.54, 1.807) is 0 Å². The summed E-state index contributed by atoms with van der Waals surface area (Å²) in [5.74, 6) is -2.75. The molecule has 1 heterocycles. The standard InChI is InChI=1S/C14H14BCl2NO6/c1-6(19)2-3-11(20)18-10-5-7-12(17)9(16)4-8(14(21)22)13(7)24-15(10)23/h4,10,23H,2-3,5H2,1H3,(H,18,20)(H,21,22)/t10-/m0/s1. The van der Waals surface area contributed by atoms with Gasteiger partial charge in [0.05, 0.1) is 16.0 Å². The minimum atomic E-state index is -1.45. The van der Waals surface area contributed by atoms with Crippen LogP contribution < -0.4 is 9.97 Å². The van der Waals surface area contributed by atoms with Gasteiger partial charge in [0.15, 0.2) is 0 Å². The average Bonchev–Trinajstić information content (AvgIpc) is 2.50. The smallest absolute Gasteiger partial charge is 0.534 e. The number of rotatable bonds is 5. The van der Waals surface area contributed by atoms with E-state index in [1.807, 2.05) is 0 Å². The van der Waals surface area contributed by atoms with Gasteiger partial charge in [-0.2, -0.15) is 0 Å². The number of amides is 1. The molecule has 1 amide bonds. The van der Waals surface area contributed by atoms with E-state index in [0.717, 1.165) is 6.07 Å². The topological polar surface area (TPSA) is 113 Å². The van der Waals surface area contributed by atoms with E-state index in [4.69, 9.17) is 27.9 Å². The molecule has 0 saturated carbocycles. The van der Waals surface area contributed by atoms with Crippen LogP contribution in [-0.4, -0.2) is 40.8 Å². The van der Waals surface area contributed by atoms with Crippen molar-refractivity contribution >= 4 is 48.0 Å². The van der Waals surface area contributed by atoms with Gasteiger partial charge >= 0.3 is 13.1 Å². The number of Topliss-reactive ketones (excluding diaryl/α,β-unsaturated/α-hetero) is 1. The maximum Gasteiger partial charge on any atom is 0.547 e. The maximum atomic E-state index is 11.8. The molecule has 10 heteroatoms. The van der Waals surface area contributed by atoms with E-state index >= 15 is 0 Å². The van der Waals surface area contributed by atoms with E-state index in [2.05, 4.69) is 5.32 Å². The molecule has 3 N–H and O–H groups in total. The predicted molar refractivity (Wildman–Crippen MR) is 87.6 cm³/mol. The number of carbonyl (C=O) groups excluding carboxylic acids is 2. The van der Waals surface area contributed by atoms with Crippen LogP contribution in [0.15, 0.2) is 6.07 Å². The van der Waals surface area contributed by atoms with Crippen molar-refractivity contribution in [2.75, 3.05) is 0 Å². The molecule has 0 radical (unpaired) electrons. The van der Waals surface area contributed by atoms with E-state index in [9.17, 15) is 24.5 Å². The van der Waals surface area contributed by atoms with Gasteiger partial charge in [0.25, 0.3) is 0 Å². The summed E-state index contributed by atoms with van der Waals surface area (Å²) < 4.78 is 5.25. The molecule has 0 aromatic heterocycles. The fourth-order valence-corrected chi connectivity index (χ4v) is 2.79. The van der Waals surface area contributed by atoms with Crippen molar-refractivity contribution < 1.29 is 29.2 Å². The lowest BCUT2D eigenvalue weighted by molar-refractivity contribution is -0.124. The molecule has 0 aliphatic carbocycles. The Morgan fingerprint density at radius 1 is 1.38 bits per heavy atom. The molecule has 1 aromatic rings. The van der Waals surface area contributed by atoms with E-state index in [1.165, 1.54) is 6.92 Å². The van der Waals surface area contributed by atoms with Crippen LogP contribution in [0.4, 0.5) is 0 Å².